The Kier molecular flexibility index (Phi) is 7.18. The summed E-state index contributed by atoms with van der Waals surface area (Å²) in [5.41, 5.74) is 0.857. The van der Waals surface area contributed by atoms with E-state index >= 15 is 0 Å². The molecule has 0 radical (unpaired) electrons. The zero-order chi connectivity index (χ0) is 25.2. The molecule has 1 saturated heterocycles. The molecule has 1 N–H and O–H groups in total. The summed E-state index contributed by atoms with van der Waals surface area (Å²) in [6.45, 7) is 5.26. The Morgan fingerprint density at radius 3 is 2.51 bits per heavy atom. The lowest BCUT2D eigenvalue weighted by Crippen LogP contribution is -2.31. The fraction of sp³-hybridized carbons (Fsp3) is 0.417. The van der Waals surface area contributed by atoms with E-state index in [-0.39, 0.29) is 29.5 Å². The van der Waals surface area contributed by atoms with E-state index in [1.165, 1.54) is 29.6 Å². The molecule has 188 valence electrons. The summed E-state index contributed by atoms with van der Waals surface area (Å²) in [7, 11) is -2.29. The summed E-state index contributed by atoms with van der Waals surface area (Å²) in [6.07, 6.45) is 0.0278. The Balaban J connectivity index is 1.52. The molecule has 1 atom stereocenters. The summed E-state index contributed by atoms with van der Waals surface area (Å²) in [6, 6.07) is 9.59. The van der Waals surface area contributed by atoms with Gasteiger partial charge in [-0.15, -0.1) is 0 Å². The third-order valence-electron chi connectivity index (χ3n) is 6.11. The minimum absolute atomic E-state index is 0.0278. The topological polar surface area (TPSA) is 114 Å². The quantitative estimate of drug-likeness (QED) is 0.589. The summed E-state index contributed by atoms with van der Waals surface area (Å²) in [5.74, 6) is 0.298. The van der Waals surface area contributed by atoms with E-state index in [2.05, 4.69) is 5.32 Å². The van der Waals surface area contributed by atoms with E-state index in [0.29, 0.717) is 49.2 Å². The first kappa shape index (κ1) is 24.8. The van der Waals surface area contributed by atoms with Crippen LogP contribution in [0, 0.1) is 5.92 Å². The molecule has 35 heavy (non-hydrogen) atoms. The third kappa shape index (κ3) is 4.92. The van der Waals surface area contributed by atoms with Crippen molar-refractivity contribution in [3.05, 3.63) is 36.4 Å². The second kappa shape index (κ2) is 10.1. The zero-order valence-corrected chi connectivity index (χ0v) is 20.8. The van der Waals surface area contributed by atoms with Crippen molar-refractivity contribution in [3.8, 4) is 17.2 Å². The monoisotopic (exact) mass is 503 g/mol. The number of methoxy groups -OCH3 is 1. The van der Waals surface area contributed by atoms with Crippen molar-refractivity contribution in [2.45, 2.75) is 25.2 Å². The van der Waals surface area contributed by atoms with Gasteiger partial charge in [0.05, 0.1) is 23.6 Å². The van der Waals surface area contributed by atoms with Crippen molar-refractivity contribution in [1.29, 1.82) is 0 Å². The molecule has 0 saturated carbocycles. The molecular formula is C24H29N3O7S. The molecular weight excluding hydrogens is 474 g/mol. The number of benzene rings is 2. The number of hydrogen-bond acceptors (Lipinski definition) is 7. The van der Waals surface area contributed by atoms with Gasteiger partial charge >= 0.3 is 0 Å². The molecule has 2 aromatic carbocycles. The van der Waals surface area contributed by atoms with Gasteiger partial charge in [-0.05, 0) is 30.3 Å². The molecule has 0 aromatic heterocycles. The predicted molar refractivity (Wildman–Crippen MR) is 130 cm³/mol. The van der Waals surface area contributed by atoms with Crippen LogP contribution in [0.5, 0.6) is 17.2 Å². The minimum Gasteiger partial charge on any atom is -0.495 e. The van der Waals surface area contributed by atoms with Gasteiger partial charge in [-0.2, -0.15) is 4.31 Å². The SMILES string of the molecule is CCN(CC)S(=O)(=O)c1ccc(OC)c(NC(=O)[C@@H]2CC(=O)N(c3ccc4c(c3)OCCO4)C2)c1. The maximum Gasteiger partial charge on any atom is 0.243 e. The van der Waals surface area contributed by atoms with E-state index in [4.69, 9.17) is 14.2 Å². The number of carbonyl (C=O) groups excluding carboxylic acids is 2. The average Bonchev–Trinajstić information content (AvgIpc) is 3.26. The first-order valence-corrected chi connectivity index (χ1v) is 12.9. The van der Waals surface area contributed by atoms with Crippen molar-refractivity contribution < 1.29 is 32.2 Å². The summed E-state index contributed by atoms with van der Waals surface area (Å²) < 4.78 is 43.7. The Morgan fingerprint density at radius 1 is 1.11 bits per heavy atom. The molecule has 2 aromatic rings. The van der Waals surface area contributed by atoms with E-state index in [1.807, 2.05) is 0 Å². The molecule has 0 unspecified atom stereocenters. The van der Waals surface area contributed by atoms with Gasteiger partial charge in [-0.1, -0.05) is 13.8 Å². The molecule has 2 aliphatic rings. The van der Waals surface area contributed by atoms with Gasteiger partial charge in [0.2, 0.25) is 21.8 Å². The number of fused-ring (bicyclic) bond motifs is 1. The number of nitrogens with zero attached hydrogens (tertiary/aromatic N) is 2. The fourth-order valence-corrected chi connectivity index (χ4v) is 5.71. The Hall–Kier alpha value is -3.31. The standard InChI is InChI=1S/C24H29N3O7S/c1-4-26(5-2)35(30,31)18-7-9-20(32-3)19(14-18)25-24(29)16-12-23(28)27(15-16)17-6-8-21-22(13-17)34-11-10-33-21/h6-9,13-14,16H,4-5,10-12,15H2,1-3H3,(H,25,29)/t16-/m1/s1. The number of carbonyl (C=O) groups is 2. The highest BCUT2D eigenvalue weighted by molar-refractivity contribution is 7.89. The molecule has 11 heteroatoms. The van der Waals surface area contributed by atoms with Gasteiger partial charge in [0.1, 0.15) is 19.0 Å². The van der Waals surface area contributed by atoms with E-state index < -0.39 is 21.8 Å². The smallest absolute Gasteiger partial charge is 0.243 e. The van der Waals surface area contributed by atoms with Crippen LogP contribution in [0.1, 0.15) is 20.3 Å². The molecule has 0 bridgehead atoms. The second-order valence-electron chi connectivity index (χ2n) is 8.17. The van der Waals surface area contributed by atoms with Crippen LogP contribution in [0.15, 0.2) is 41.3 Å². The Bertz CT molecular complexity index is 1230. The largest absolute Gasteiger partial charge is 0.495 e. The molecule has 0 aliphatic carbocycles. The summed E-state index contributed by atoms with van der Waals surface area (Å²) in [5, 5.41) is 2.76. The number of hydrogen-bond donors (Lipinski definition) is 1. The lowest BCUT2D eigenvalue weighted by Gasteiger charge is -2.22. The van der Waals surface area contributed by atoms with Gasteiger partial charge in [-0.3, -0.25) is 9.59 Å². The van der Waals surface area contributed by atoms with Crippen LogP contribution in [0.25, 0.3) is 0 Å². The first-order chi connectivity index (χ1) is 16.8. The molecule has 0 spiro atoms. The van der Waals surface area contributed by atoms with Crippen molar-refractivity contribution in [2.75, 3.05) is 50.2 Å². The van der Waals surface area contributed by atoms with Crippen molar-refractivity contribution in [3.63, 3.8) is 0 Å². The van der Waals surface area contributed by atoms with E-state index in [9.17, 15) is 18.0 Å². The number of anilines is 2. The van der Waals surface area contributed by atoms with Gasteiger partial charge in [0, 0.05) is 37.8 Å². The molecule has 2 amide bonds. The van der Waals surface area contributed by atoms with Gasteiger partial charge in [0.25, 0.3) is 0 Å². The lowest BCUT2D eigenvalue weighted by molar-refractivity contribution is -0.122. The highest BCUT2D eigenvalue weighted by Gasteiger charge is 2.36. The molecule has 10 nitrogen and oxygen atoms in total. The van der Waals surface area contributed by atoms with Gasteiger partial charge < -0.3 is 24.4 Å². The summed E-state index contributed by atoms with van der Waals surface area (Å²) >= 11 is 0. The van der Waals surface area contributed by atoms with Crippen molar-refractivity contribution >= 4 is 33.2 Å². The number of rotatable bonds is 8. The van der Waals surface area contributed by atoms with Gasteiger partial charge in [0.15, 0.2) is 11.5 Å². The van der Waals surface area contributed by atoms with Crippen molar-refractivity contribution in [2.24, 2.45) is 5.92 Å². The van der Waals surface area contributed by atoms with Crippen LogP contribution in [-0.4, -0.2) is 64.5 Å². The summed E-state index contributed by atoms with van der Waals surface area (Å²) in [4.78, 5) is 27.4. The number of ether oxygens (including phenoxy) is 3. The molecule has 4 rings (SSSR count). The van der Waals surface area contributed by atoms with Crippen molar-refractivity contribution in [1.82, 2.24) is 4.31 Å². The Labute approximate surface area is 204 Å². The average molecular weight is 504 g/mol. The van der Waals surface area contributed by atoms with Crippen LogP contribution >= 0.6 is 0 Å². The normalized spacial score (nSPS) is 17.5. The maximum absolute atomic E-state index is 13.1. The van der Waals surface area contributed by atoms with Crippen LogP contribution in [0.4, 0.5) is 11.4 Å². The minimum atomic E-state index is -3.72. The first-order valence-electron chi connectivity index (χ1n) is 11.5. The number of sulfonamides is 1. The number of amides is 2. The van der Waals surface area contributed by atoms with Crippen LogP contribution in [0.2, 0.25) is 0 Å². The lowest BCUT2D eigenvalue weighted by atomic mass is 10.1. The Morgan fingerprint density at radius 2 is 1.83 bits per heavy atom. The van der Waals surface area contributed by atoms with Crippen LogP contribution < -0.4 is 24.4 Å². The van der Waals surface area contributed by atoms with E-state index in [0.717, 1.165) is 0 Å². The number of nitrogens with one attached hydrogen (secondary N) is 1. The zero-order valence-electron chi connectivity index (χ0n) is 19.9. The molecule has 2 heterocycles. The maximum atomic E-state index is 13.1. The fourth-order valence-electron chi connectivity index (χ4n) is 4.23. The predicted octanol–water partition coefficient (Wildman–Crippen LogP) is 2.49. The van der Waals surface area contributed by atoms with E-state index in [1.54, 1.807) is 36.9 Å². The van der Waals surface area contributed by atoms with Crippen LogP contribution in [-0.2, 0) is 19.6 Å². The van der Waals surface area contributed by atoms with Gasteiger partial charge in [-0.25, -0.2) is 8.42 Å². The highest BCUT2D eigenvalue weighted by atomic mass is 32.2. The van der Waals surface area contributed by atoms with Crippen LogP contribution in [0.3, 0.4) is 0 Å². The second-order valence-corrected chi connectivity index (χ2v) is 10.1. The molecule has 2 aliphatic heterocycles. The highest BCUT2D eigenvalue weighted by Crippen LogP contribution is 2.36. The third-order valence-corrected chi connectivity index (χ3v) is 8.15. The molecule has 1 fully saturated rings.